The molecule has 0 aliphatic carbocycles. The molecular weight excluding hydrogens is 440 g/mol. The van der Waals surface area contributed by atoms with Crippen molar-refractivity contribution in [2.45, 2.75) is 116 Å². The van der Waals surface area contributed by atoms with E-state index in [4.69, 9.17) is 9.47 Å². The number of carbonyl (C=O) groups excluding carboxylic acids is 2. The van der Waals surface area contributed by atoms with Crippen LogP contribution in [0.25, 0.3) is 0 Å². The Morgan fingerprint density at radius 2 is 1.23 bits per heavy atom. The summed E-state index contributed by atoms with van der Waals surface area (Å²) >= 11 is 0. The van der Waals surface area contributed by atoms with Crippen LogP contribution >= 0.6 is 0 Å². The molecule has 1 atom stereocenters. The summed E-state index contributed by atoms with van der Waals surface area (Å²) in [6, 6.07) is 0. The molecule has 0 radical (unpaired) electrons. The Kier molecular flexibility index (Phi) is 24.8. The van der Waals surface area contributed by atoms with Gasteiger partial charge in [-0.15, -0.1) is 0 Å². The first-order chi connectivity index (χ1) is 17.1. The van der Waals surface area contributed by atoms with Gasteiger partial charge in [0.05, 0.1) is 6.61 Å². The Bertz CT molecular complexity index is 618. The lowest BCUT2D eigenvalue weighted by Crippen LogP contribution is -2.28. The highest BCUT2D eigenvalue weighted by molar-refractivity contribution is 5.70. The van der Waals surface area contributed by atoms with Crippen molar-refractivity contribution in [2.75, 3.05) is 13.2 Å². The molecule has 0 bridgehead atoms. The summed E-state index contributed by atoms with van der Waals surface area (Å²) in [6.07, 6.45) is 30.4. The van der Waals surface area contributed by atoms with Gasteiger partial charge in [0.25, 0.3) is 0 Å². The molecule has 0 spiro atoms. The van der Waals surface area contributed by atoms with Crippen molar-refractivity contribution >= 4 is 11.9 Å². The zero-order valence-electron chi connectivity index (χ0n) is 22.3. The molecule has 0 rings (SSSR count). The standard InChI is InChI=1S/C30H50O5/c1-3-5-7-9-11-12-13-14-15-16-17-18-19-21-23-25-30(33)35-28(26-31)27-34-29(32)24-22-20-10-8-6-4-2/h5,7,11-12,14-15,17-18,28,31H,3-4,6,8-10,13,16,19-27H2,1-2H3/b7-5-,12-11-,15-14-,18-17-. The van der Waals surface area contributed by atoms with E-state index in [-0.39, 0.29) is 25.2 Å². The van der Waals surface area contributed by atoms with Crippen LogP contribution in [0.2, 0.25) is 0 Å². The third-order valence-corrected chi connectivity index (χ3v) is 5.39. The van der Waals surface area contributed by atoms with Gasteiger partial charge in [0.2, 0.25) is 0 Å². The highest BCUT2D eigenvalue weighted by Gasteiger charge is 2.15. The second kappa shape index (κ2) is 26.5. The topological polar surface area (TPSA) is 72.8 Å². The maximum Gasteiger partial charge on any atom is 0.306 e. The Labute approximate surface area is 214 Å². The quantitative estimate of drug-likeness (QED) is 0.0909. The largest absolute Gasteiger partial charge is 0.462 e. The van der Waals surface area contributed by atoms with E-state index in [9.17, 15) is 14.7 Å². The fraction of sp³-hybridized carbons (Fsp3) is 0.667. The molecule has 0 heterocycles. The molecule has 0 saturated heterocycles. The average molecular weight is 491 g/mol. The molecule has 0 aromatic rings. The lowest BCUT2D eigenvalue weighted by molar-refractivity contribution is -0.161. The molecule has 0 aromatic carbocycles. The second-order valence-electron chi connectivity index (χ2n) is 8.74. The number of aliphatic hydroxyl groups is 1. The maximum absolute atomic E-state index is 12.0. The summed E-state index contributed by atoms with van der Waals surface area (Å²) in [5, 5.41) is 9.40. The highest BCUT2D eigenvalue weighted by atomic mass is 16.6. The van der Waals surface area contributed by atoms with Crippen molar-refractivity contribution in [3.63, 3.8) is 0 Å². The number of esters is 2. The maximum atomic E-state index is 12.0. The summed E-state index contributed by atoms with van der Waals surface area (Å²) < 4.78 is 10.4. The molecule has 0 aromatic heterocycles. The van der Waals surface area contributed by atoms with Crippen LogP contribution in [-0.2, 0) is 19.1 Å². The Morgan fingerprint density at radius 1 is 0.686 bits per heavy atom. The highest BCUT2D eigenvalue weighted by Crippen LogP contribution is 2.09. The molecule has 0 amide bonds. The van der Waals surface area contributed by atoms with Gasteiger partial charge >= 0.3 is 11.9 Å². The third-order valence-electron chi connectivity index (χ3n) is 5.39. The van der Waals surface area contributed by atoms with Crippen LogP contribution in [0.15, 0.2) is 48.6 Å². The van der Waals surface area contributed by atoms with Crippen LogP contribution < -0.4 is 0 Å². The van der Waals surface area contributed by atoms with E-state index in [1.54, 1.807) is 0 Å². The molecule has 0 aliphatic rings. The van der Waals surface area contributed by atoms with Crippen LogP contribution in [-0.4, -0.2) is 36.4 Å². The minimum atomic E-state index is -0.787. The Morgan fingerprint density at radius 3 is 1.86 bits per heavy atom. The number of rotatable bonds is 23. The predicted molar refractivity (Wildman–Crippen MR) is 145 cm³/mol. The van der Waals surface area contributed by atoms with Gasteiger partial charge in [-0.25, -0.2) is 0 Å². The first-order valence-corrected chi connectivity index (χ1v) is 13.7. The Hall–Kier alpha value is -2.14. The zero-order valence-corrected chi connectivity index (χ0v) is 22.3. The van der Waals surface area contributed by atoms with Crippen LogP contribution in [0.3, 0.4) is 0 Å². The van der Waals surface area contributed by atoms with E-state index in [2.05, 4.69) is 62.5 Å². The van der Waals surface area contributed by atoms with Crippen molar-refractivity contribution < 1.29 is 24.2 Å². The summed E-state index contributed by atoms with van der Waals surface area (Å²) in [5.74, 6) is -0.658. The van der Waals surface area contributed by atoms with Gasteiger partial charge in [0.1, 0.15) is 6.61 Å². The summed E-state index contributed by atoms with van der Waals surface area (Å²) in [7, 11) is 0. The molecule has 0 saturated carbocycles. The van der Waals surface area contributed by atoms with Gasteiger partial charge in [-0.1, -0.05) is 94.6 Å². The lowest BCUT2D eigenvalue weighted by atomic mass is 10.1. The molecule has 1 unspecified atom stereocenters. The van der Waals surface area contributed by atoms with Crippen molar-refractivity contribution in [1.82, 2.24) is 0 Å². The van der Waals surface area contributed by atoms with E-state index >= 15 is 0 Å². The first kappa shape index (κ1) is 32.9. The van der Waals surface area contributed by atoms with Crippen molar-refractivity contribution in [2.24, 2.45) is 0 Å². The molecule has 0 aliphatic heterocycles. The fourth-order valence-corrected chi connectivity index (χ4v) is 3.31. The summed E-state index contributed by atoms with van der Waals surface area (Å²) in [6.45, 7) is 3.88. The SMILES string of the molecule is CC/C=C\C/C=C\C/C=C\C/C=C\CCCCC(=O)OC(CO)COC(=O)CCCCCCCC. The van der Waals surface area contributed by atoms with Crippen LogP contribution in [0, 0.1) is 0 Å². The number of allylic oxidation sites excluding steroid dienone is 8. The zero-order chi connectivity index (χ0) is 25.8. The van der Waals surface area contributed by atoms with Crippen LogP contribution in [0.5, 0.6) is 0 Å². The summed E-state index contributed by atoms with van der Waals surface area (Å²) in [5.41, 5.74) is 0. The van der Waals surface area contributed by atoms with E-state index in [1.807, 2.05) is 0 Å². The van der Waals surface area contributed by atoms with Crippen LogP contribution in [0.4, 0.5) is 0 Å². The average Bonchev–Trinajstić information content (AvgIpc) is 2.86. The molecule has 200 valence electrons. The molecule has 5 nitrogen and oxygen atoms in total. The van der Waals surface area contributed by atoms with Gasteiger partial charge in [-0.3, -0.25) is 9.59 Å². The van der Waals surface area contributed by atoms with Gasteiger partial charge in [0.15, 0.2) is 6.10 Å². The molecule has 1 N–H and O–H groups in total. The van der Waals surface area contributed by atoms with E-state index < -0.39 is 6.10 Å². The molecule has 0 fully saturated rings. The van der Waals surface area contributed by atoms with Gasteiger partial charge < -0.3 is 14.6 Å². The van der Waals surface area contributed by atoms with Crippen LogP contribution in [0.1, 0.15) is 110 Å². The minimum absolute atomic E-state index is 0.0845. The summed E-state index contributed by atoms with van der Waals surface area (Å²) in [4.78, 5) is 23.8. The number of aliphatic hydroxyl groups excluding tert-OH is 1. The van der Waals surface area contributed by atoms with Gasteiger partial charge in [0, 0.05) is 12.8 Å². The van der Waals surface area contributed by atoms with Gasteiger partial charge in [-0.2, -0.15) is 0 Å². The first-order valence-electron chi connectivity index (χ1n) is 13.7. The van der Waals surface area contributed by atoms with E-state index in [1.165, 1.54) is 19.3 Å². The second-order valence-corrected chi connectivity index (χ2v) is 8.74. The number of hydrogen-bond acceptors (Lipinski definition) is 5. The Balaban J connectivity index is 3.74. The normalized spacial score (nSPS) is 12.9. The lowest BCUT2D eigenvalue weighted by Gasteiger charge is -2.15. The van der Waals surface area contributed by atoms with Crippen molar-refractivity contribution in [3.8, 4) is 0 Å². The third kappa shape index (κ3) is 24.8. The fourth-order valence-electron chi connectivity index (χ4n) is 3.31. The number of ether oxygens (including phenoxy) is 2. The van der Waals surface area contributed by atoms with E-state index in [0.29, 0.717) is 12.8 Å². The smallest absolute Gasteiger partial charge is 0.306 e. The number of unbranched alkanes of at least 4 members (excludes halogenated alkanes) is 7. The monoisotopic (exact) mass is 490 g/mol. The minimum Gasteiger partial charge on any atom is -0.462 e. The van der Waals surface area contributed by atoms with Crippen molar-refractivity contribution in [3.05, 3.63) is 48.6 Å². The predicted octanol–water partition coefficient (Wildman–Crippen LogP) is 7.55. The van der Waals surface area contributed by atoms with Gasteiger partial charge in [-0.05, 0) is 51.4 Å². The van der Waals surface area contributed by atoms with E-state index in [0.717, 1.165) is 64.2 Å². The molecule has 5 heteroatoms. The molecule has 35 heavy (non-hydrogen) atoms. The van der Waals surface area contributed by atoms with Crippen molar-refractivity contribution in [1.29, 1.82) is 0 Å². The molecular formula is C30H50O5. The number of carbonyl (C=O) groups is 2. The number of hydrogen-bond donors (Lipinski definition) is 1.